The van der Waals surface area contributed by atoms with Crippen LogP contribution in [0.3, 0.4) is 0 Å². The molecule has 0 radical (unpaired) electrons. The van der Waals surface area contributed by atoms with E-state index < -0.39 is 20.9 Å². The van der Waals surface area contributed by atoms with E-state index >= 15 is 0 Å². The summed E-state index contributed by atoms with van der Waals surface area (Å²) in [5, 5.41) is 17.4. The lowest BCUT2D eigenvalue weighted by atomic mass is 9.99. The zero-order valence-corrected chi connectivity index (χ0v) is 21.5. The van der Waals surface area contributed by atoms with E-state index in [0.717, 1.165) is 0 Å². The highest BCUT2D eigenvalue weighted by atomic mass is 32.2. The van der Waals surface area contributed by atoms with Crippen molar-refractivity contribution in [2.75, 3.05) is 44.9 Å². The molecule has 0 fully saturated rings. The maximum atomic E-state index is 13.0. The van der Waals surface area contributed by atoms with E-state index in [2.05, 4.69) is 10.6 Å². The number of nitro groups is 1. The lowest BCUT2D eigenvalue weighted by Gasteiger charge is -2.20. The summed E-state index contributed by atoms with van der Waals surface area (Å²) in [5.41, 5.74) is 2.68. The second-order valence-corrected chi connectivity index (χ2v) is 10.9. The van der Waals surface area contributed by atoms with Crippen LogP contribution in [-0.4, -0.2) is 62.7 Å². The van der Waals surface area contributed by atoms with Crippen molar-refractivity contribution in [3.8, 4) is 0 Å². The highest BCUT2D eigenvalue weighted by Crippen LogP contribution is 2.39. The Hall–Kier alpha value is -4.06. The quantitative estimate of drug-likeness (QED) is 0.250. The number of hydrogen-bond donors (Lipinski definition) is 2. The van der Waals surface area contributed by atoms with Crippen molar-refractivity contribution >= 4 is 44.3 Å². The number of rotatable bonds is 9. The highest BCUT2D eigenvalue weighted by Gasteiger charge is 2.30. The summed E-state index contributed by atoms with van der Waals surface area (Å²) < 4.78 is 27.2. The monoisotopic (exact) mass is 521 g/mol. The minimum absolute atomic E-state index is 0.131. The molecule has 192 valence electrons. The normalized spacial score (nSPS) is 14.5. The summed E-state index contributed by atoms with van der Waals surface area (Å²) in [4.78, 5) is 25.9. The Morgan fingerprint density at radius 2 is 1.65 bits per heavy atom. The van der Waals surface area contributed by atoms with Gasteiger partial charge in [-0.15, -0.1) is 0 Å². The summed E-state index contributed by atoms with van der Waals surface area (Å²) in [6, 6.07) is 19.6. The van der Waals surface area contributed by atoms with Gasteiger partial charge in [-0.3, -0.25) is 14.9 Å². The van der Waals surface area contributed by atoms with Crippen molar-refractivity contribution in [3.63, 3.8) is 0 Å². The first-order chi connectivity index (χ1) is 17.6. The first kappa shape index (κ1) is 26.0. The third kappa shape index (κ3) is 5.53. The molecule has 0 saturated heterocycles. The highest BCUT2D eigenvalue weighted by molar-refractivity contribution is 7.89. The summed E-state index contributed by atoms with van der Waals surface area (Å²) in [7, 11) is 1.62. The number of non-ortho nitro benzene ring substituents is 1. The number of benzene rings is 3. The smallest absolute Gasteiger partial charge is 0.270 e. The Bertz CT molecular complexity index is 1470. The molecule has 3 aromatic rings. The Morgan fingerprint density at radius 3 is 2.27 bits per heavy atom. The maximum absolute atomic E-state index is 13.0. The van der Waals surface area contributed by atoms with Gasteiger partial charge in [0, 0.05) is 49.2 Å². The second kappa shape index (κ2) is 10.5. The molecule has 0 saturated carbocycles. The summed E-state index contributed by atoms with van der Waals surface area (Å²) in [5.74, 6) is -0.399. The lowest BCUT2D eigenvalue weighted by Crippen LogP contribution is -2.33. The summed E-state index contributed by atoms with van der Waals surface area (Å²) >= 11 is 0. The molecule has 4 rings (SSSR count). The minimum atomic E-state index is -3.67. The summed E-state index contributed by atoms with van der Waals surface area (Å²) in [6.07, 6.45) is 0. The van der Waals surface area contributed by atoms with Gasteiger partial charge in [0.05, 0.1) is 21.1 Å². The number of nitro benzene ring substituents is 1. The molecule has 1 amide bonds. The predicted molar refractivity (Wildman–Crippen MR) is 143 cm³/mol. The van der Waals surface area contributed by atoms with Gasteiger partial charge < -0.3 is 15.5 Å². The Morgan fingerprint density at radius 1 is 0.973 bits per heavy atom. The van der Waals surface area contributed by atoms with Crippen molar-refractivity contribution in [1.29, 1.82) is 0 Å². The zero-order chi connectivity index (χ0) is 26.7. The van der Waals surface area contributed by atoms with Crippen LogP contribution in [0, 0.1) is 10.1 Å². The van der Waals surface area contributed by atoms with E-state index in [0.29, 0.717) is 41.3 Å². The number of amides is 1. The van der Waals surface area contributed by atoms with Gasteiger partial charge in [-0.05, 0) is 50.0 Å². The predicted octanol–water partition coefficient (Wildman–Crippen LogP) is 3.71. The van der Waals surface area contributed by atoms with Gasteiger partial charge in [-0.1, -0.05) is 30.3 Å². The lowest BCUT2D eigenvalue weighted by molar-refractivity contribution is -0.384. The van der Waals surface area contributed by atoms with Crippen LogP contribution in [0.2, 0.25) is 0 Å². The first-order valence-corrected chi connectivity index (χ1v) is 12.9. The van der Waals surface area contributed by atoms with Crippen LogP contribution in [-0.2, 0) is 14.8 Å². The van der Waals surface area contributed by atoms with Gasteiger partial charge in [0.1, 0.15) is 0 Å². The van der Waals surface area contributed by atoms with Crippen molar-refractivity contribution in [2.45, 2.75) is 4.90 Å². The number of likely N-dealkylation sites (N-methyl/N-ethyl adjacent to an activating group) is 2. The number of fused-ring (bicyclic) bond motifs is 1. The first-order valence-electron chi connectivity index (χ1n) is 11.5. The third-order valence-corrected chi connectivity index (χ3v) is 7.84. The molecule has 3 aromatic carbocycles. The average molecular weight is 522 g/mol. The molecule has 11 heteroatoms. The second-order valence-electron chi connectivity index (χ2n) is 8.84. The number of nitrogens with one attached hydrogen (secondary N) is 2. The van der Waals surface area contributed by atoms with Gasteiger partial charge in [0.15, 0.2) is 0 Å². The third-order valence-electron chi connectivity index (χ3n) is 5.96. The fraction of sp³-hybridized carbons (Fsp3) is 0.192. The number of hydrogen-bond acceptors (Lipinski definition) is 7. The fourth-order valence-electron chi connectivity index (χ4n) is 3.90. The largest absolute Gasteiger partial charge is 0.354 e. The van der Waals surface area contributed by atoms with Gasteiger partial charge in [0.25, 0.3) is 11.6 Å². The number of carbonyl (C=O) groups excluding carboxylic acids is 1. The molecule has 0 aliphatic carbocycles. The molecular weight excluding hydrogens is 494 g/mol. The Labute approximate surface area is 215 Å². The molecule has 1 aliphatic rings. The molecule has 0 unspecified atom stereocenters. The standard InChI is InChI=1S/C26H27N5O5S/c1-29(2)15-16-30(3)37(35,36)21-12-9-19(10-13-21)27-25(18-7-5-4-6-8-18)24-22-17-20(31(33)34)11-14-23(22)28-26(24)32/h4-14,17,27H,15-16H2,1-3H3,(H,28,32)/b25-24-. The van der Waals surface area contributed by atoms with Crippen LogP contribution < -0.4 is 10.6 Å². The average Bonchev–Trinajstić information content (AvgIpc) is 3.21. The minimum Gasteiger partial charge on any atom is -0.354 e. The van der Waals surface area contributed by atoms with Gasteiger partial charge in [0.2, 0.25) is 10.0 Å². The van der Waals surface area contributed by atoms with Crippen LogP contribution in [0.5, 0.6) is 0 Å². The molecule has 0 bridgehead atoms. The van der Waals surface area contributed by atoms with Gasteiger partial charge in [-0.25, -0.2) is 8.42 Å². The maximum Gasteiger partial charge on any atom is 0.270 e. The number of anilines is 2. The molecular formula is C26H27N5O5S. The van der Waals surface area contributed by atoms with Crippen molar-refractivity contribution in [3.05, 3.63) is 94.0 Å². The number of carbonyl (C=O) groups is 1. The van der Waals surface area contributed by atoms with Gasteiger partial charge >= 0.3 is 0 Å². The van der Waals surface area contributed by atoms with E-state index in [1.54, 1.807) is 12.1 Å². The van der Waals surface area contributed by atoms with Crippen molar-refractivity contribution < 1.29 is 18.1 Å². The number of nitrogens with zero attached hydrogens (tertiary/aromatic N) is 3. The molecule has 0 spiro atoms. The molecule has 10 nitrogen and oxygen atoms in total. The molecule has 1 aliphatic heterocycles. The molecule has 0 aromatic heterocycles. The molecule has 0 atom stereocenters. The molecule has 2 N–H and O–H groups in total. The topological polar surface area (TPSA) is 125 Å². The van der Waals surface area contributed by atoms with Crippen LogP contribution >= 0.6 is 0 Å². The van der Waals surface area contributed by atoms with Crippen molar-refractivity contribution in [2.24, 2.45) is 0 Å². The summed E-state index contributed by atoms with van der Waals surface area (Å²) in [6.45, 7) is 0.936. The van der Waals surface area contributed by atoms with E-state index in [9.17, 15) is 23.3 Å². The number of sulfonamides is 1. The van der Waals surface area contributed by atoms with E-state index in [-0.39, 0.29) is 16.2 Å². The van der Waals surface area contributed by atoms with E-state index in [1.807, 2.05) is 49.3 Å². The van der Waals surface area contributed by atoms with Crippen LogP contribution in [0.1, 0.15) is 11.1 Å². The van der Waals surface area contributed by atoms with Crippen LogP contribution in [0.4, 0.5) is 17.1 Å². The fourth-order valence-corrected chi connectivity index (χ4v) is 5.06. The molecule has 37 heavy (non-hydrogen) atoms. The van der Waals surface area contributed by atoms with Crippen molar-refractivity contribution in [1.82, 2.24) is 9.21 Å². The Balaban J connectivity index is 1.73. The molecule has 1 heterocycles. The van der Waals surface area contributed by atoms with E-state index in [4.69, 9.17) is 0 Å². The van der Waals surface area contributed by atoms with E-state index in [1.165, 1.54) is 41.7 Å². The Kier molecular flexibility index (Phi) is 7.39. The van der Waals surface area contributed by atoms with Gasteiger partial charge in [-0.2, -0.15) is 4.31 Å². The zero-order valence-electron chi connectivity index (χ0n) is 20.6. The van der Waals surface area contributed by atoms with Crippen LogP contribution in [0.15, 0.2) is 77.7 Å². The van der Waals surface area contributed by atoms with Crippen LogP contribution in [0.25, 0.3) is 11.3 Å². The SMILES string of the molecule is CN(C)CCN(C)S(=O)(=O)c1ccc(N/C(=C2\C(=O)Nc3ccc([N+](=O)[O-])cc32)c2ccccc2)cc1.